The Morgan fingerprint density at radius 3 is 2.10 bits per heavy atom. The summed E-state index contributed by atoms with van der Waals surface area (Å²) in [6.07, 6.45) is 0. The van der Waals surface area contributed by atoms with Crippen molar-refractivity contribution in [1.29, 1.82) is 0 Å². The number of nitrogens with one attached hydrogen (secondary N) is 1. The number of anilines is 1. The average molecular weight is 268 g/mol. The van der Waals surface area contributed by atoms with E-state index in [0.717, 1.165) is 22.4 Å². The van der Waals surface area contributed by atoms with Crippen molar-refractivity contribution in [1.82, 2.24) is 0 Å². The highest BCUT2D eigenvalue weighted by Gasteiger charge is 2.10. The summed E-state index contributed by atoms with van der Waals surface area (Å²) in [7, 11) is 0. The maximum absolute atomic E-state index is 12.3. The molecule has 104 valence electrons. The normalized spacial score (nSPS) is 10.4. The Hall–Kier alpha value is -2.13. The molecule has 2 rings (SSSR count). The third-order valence-corrected chi connectivity index (χ3v) is 3.37. The van der Waals surface area contributed by atoms with E-state index < -0.39 is 0 Å². The van der Waals surface area contributed by atoms with Crippen LogP contribution < -0.4 is 11.1 Å². The molecule has 0 aromatic heterocycles. The molecule has 0 aliphatic carbocycles. The first-order valence-electron chi connectivity index (χ1n) is 6.69. The maximum Gasteiger partial charge on any atom is 0.255 e. The van der Waals surface area contributed by atoms with Crippen molar-refractivity contribution in [2.24, 2.45) is 5.73 Å². The van der Waals surface area contributed by atoms with Crippen LogP contribution >= 0.6 is 0 Å². The predicted molar refractivity (Wildman–Crippen MR) is 82.9 cm³/mol. The second-order valence-corrected chi connectivity index (χ2v) is 5.13. The van der Waals surface area contributed by atoms with Crippen LogP contribution in [0, 0.1) is 20.8 Å². The van der Waals surface area contributed by atoms with Gasteiger partial charge < -0.3 is 11.1 Å². The Balaban J connectivity index is 2.23. The Bertz CT molecular complexity index is 607. The zero-order valence-corrected chi connectivity index (χ0v) is 12.2. The minimum absolute atomic E-state index is 0.0939. The molecule has 3 nitrogen and oxygen atoms in total. The number of aryl methyl sites for hydroxylation is 3. The SMILES string of the molecule is Cc1cc(C)c(NC(=O)c2ccc(CN)cc2)c(C)c1. The second-order valence-electron chi connectivity index (χ2n) is 5.13. The maximum atomic E-state index is 12.3. The first kappa shape index (κ1) is 14.3. The van der Waals surface area contributed by atoms with Crippen LogP contribution in [0.4, 0.5) is 5.69 Å². The van der Waals surface area contributed by atoms with Crippen molar-refractivity contribution in [3.8, 4) is 0 Å². The molecule has 0 aliphatic heterocycles. The molecule has 0 fully saturated rings. The van der Waals surface area contributed by atoms with Gasteiger partial charge in [0.15, 0.2) is 0 Å². The Kier molecular flexibility index (Phi) is 4.20. The monoisotopic (exact) mass is 268 g/mol. The van der Waals surface area contributed by atoms with Crippen molar-refractivity contribution >= 4 is 11.6 Å². The third-order valence-electron chi connectivity index (χ3n) is 3.37. The summed E-state index contributed by atoms with van der Waals surface area (Å²) in [5.74, 6) is -0.0939. The van der Waals surface area contributed by atoms with Gasteiger partial charge in [-0.25, -0.2) is 0 Å². The first-order chi connectivity index (χ1) is 9.51. The van der Waals surface area contributed by atoms with Crippen LogP contribution in [0.15, 0.2) is 36.4 Å². The van der Waals surface area contributed by atoms with Gasteiger partial charge in [-0.2, -0.15) is 0 Å². The number of benzene rings is 2. The molecule has 3 heteroatoms. The summed E-state index contributed by atoms with van der Waals surface area (Å²) in [4.78, 5) is 12.3. The van der Waals surface area contributed by atoms with Crippen molar-refractivity contribution in [3.05, 3.63) is 64.2 Å². The van der Waals surface area contributed by atoms with Crippen molar-refractivity contribution in [2.75, 3.05) is 5.32 Å². The van der Waals surface area contributed by atoms with Gasteiger partial charge in [0.25, 0.3) is 5.91 Å². The lowest BCUT2D eigenvalue weighted by atomic mass is 10.0. The minimum Gasteiger partial charge on any atom is -0.326 e. The van der Waals surface area contributed by atoms with Crippen LogP contribution in [0.1, 0.15) is 32.6 Å². The van der Waals surface area contributed by atoms with E-state index in [4.69, 9.17) is 5.73 Å². The summed E-state index contributed by atoms with van der Waals surface area (Å²) in [6, 6.07) is 11.5. The van der Waals surface area contributed by atoms with Gasteiger partial charge in [0.2, 0.25) is 0 Å². The minimum atomic E-state index is -0.0939. The lowest BCUT2D eigenvalue weighted by molar-refractivity contribution is 0.102. The van der Waals surface area contributed by atoms with Crippen molar-refractivity contribution in [3.63, 3.8) is 0 Å². The summed E-state index contributed by atoms with van der Waals surface area (Å²) in [6.45, 7) is 6.55. The zero-order chi connectivity index (χ0) is 14.7. The molecular formula is C17H20N2O. The fourth-order valence-corrected chi connectivity index (χ4v) is 2.36. The van der Waals surface area contributed by atoms with Crippen LogP contribution in [-0.4, -0.2) is 5.91 Å². The lowest BCUT2D eigenvalue weighted by Crippen LogP contribution is -2.14. The molecule has 2 aromatic carbocycles. The highest BCUT2D eigenvalue weighted by Crippen LogP contribution is 2.22. The Morgan fingerprint density at radius 1 is 1.05 bits per heavy atom. The molecule has 20 heavy (non-hydrogen) atoms. The van der Waals surface area contributed by atoms with Gasteiger partial charge in [-0.05, 0) is 49.6 Å². The summed E-state index contributed by atoms with van der Waals surface area (Å²) in [5, 5.41) is 2.99. The largest absolute Gasteiger partial charge is 0.326 e. The smallest absolute Gasteiger partial charge is 0.255 e. The molecule has 1 amide bonds. The van der Waals surface area contributed by atoms with Gasteiger partial charge in [-0.1, -0.05) is 29.8 Å². The molecule has 0 radical (unpaired) electrons. The van der Waals surface area contributed by atoms with Crippen LogP contribution in [0.3, 0.4) is 0 Å². The number of hydrogen-bond acceptors (Lipinski definition) is 2. The van der Waals surface area contributed by atoms with E-state index in [-0.39, 0.29) is 5.91 Å². The van der Waals surface area contributed by atoms with Gasteiger partial charge >= 0.3 is 0 Å². The summed E-state index contributed by atoms with van der Waals surface area (Å²) < 4.78 is 0. The molecule has 0 saturated carbocycles. The Morgan fingerprint density at radius 2 is 1.60 bits per heavy atom. The molecular weight excluding hydrogens is 248 g/mol. The standard InChI is InChI=1S/C17H20N2O/c1-11-8-12(2)16(13(3)9-11)19-17(20)15-6-4-14(10-18)5-7-15/h4-9H,10,18H2,1-3H3,(H,19,20). The molecule has 0 bridgehead atoms. The van der Waals surface area contributed by atoms with E-state index in [0.29, 0.717) is 12.1 Å². The predicted octanol–water partition coefficient (Wildman–Crippen LogP) is 3.32. The topological polar surface area (TPSA) is 55.1 Å². The zero-order valence-electron chi connectivity index (χ0n) is 12.2. The average Bonchev–Trinajstić information content (AvgIpc) is 2.42. The molecule has 0 spiro atoms. The number of nitrogens with two attached hydrogens (primary N) is 1. The molecule has 0 aliphatic rings. The van der Waals surface area contributed by atoms with Crippen molar-refractivity contribution in [2.45, 2.75) is 27.3 Å². The molecule has 2 aromatic rings. The highest BCUT2D eigenvalue weighted by atomic mass is 16.1. The third kappa shape index (κ3) is 3.06. The quantitative estimate of drug-likeness (QED) is 0.897. The molecule has 0 saturated heterocycles. The van der Waals surface area contributed by atoms with Gasteiger partial charge in [0.05, 0.1) is 0 Å². The van der Waals surface area contributed by atoms with Gasteiger partial charge in [0, 0.05) is 17.8 Å². The molecule has 3 N–H and O–H groups in total. The number of hydrogen-bond donors (Lipinski definition) is 2. The van der Waals surface area contributed by atoms with E-state index in [9.17, 15) is 4.79 Å². The van der Waals surface area contributed by atoms with Gasteiger partial charge in [-0.15, -0.1) is 0 Å². The van der Waals surface area contributed by atoms with E-state index >= 15 is 0 Å². The van der Waals surface area contributed by atoms with Gasteiger partial charge in [0.1, 0.15) is 0 Å². The van der Waals surface area contributed by atoms with E-state index in [1.165, 1.54) is 5.56 Å². The molecule has 0 atom stereocenters. The summed E-state index contributed by atoms with van der Waals surface area (Å²) in [5.41, 5.74) is 11.5. The van der Waals surface area contributed by atoms with Crippen LogP contribution in [0.5, 0.6) is 0 Å². The van der Waals surface area contributed by atoms with E-state index in [1.54, 1.807) is 12.1 Å². The lowest BCUT2D eigenvalue weighted by Gasteiger charge is -2.13. The number of carbonyl (C=O) groups is 1. The van der Waals surface area contributed by atoms with Crippen LogP contribution in [0.2, 0.25) is 0 Å². The summed E-state index contributed by atoms with van der Waals surface area (Å²) >= 11 is 0. The Labute approximate surface area is 119 Å². The molecule has 0 heterocycles. The second kappa shape index (κ2) is 5.88. The van der Waals surface area contributed by atoms with E-state index in [2.05, 4.69) is 24.4 Å². The number of amides is 1. The fraction of sp³-hybridized carbons (Fsp3) is 0.235. The molecule has 0 unspecified atom stereocenters. The van der Waals surface area contributed by atoms with Crippen LogP contribution in [0.25, 0.3) is 0 Å². The van der Waals surface area contributed by atoms with Crippen molar-refractivity contribution < 1.29 is 4.79 Å². The number of rotatable bonds is 3. The van der Waals surface area contributed by atoms with Gasteiger partial charge in [-0.3, -0.25) is 4.79 Å². The van der Waals surface area contributed by atoms with Crippen LogP contribution in [-0.2, 0) is 6.54 Å². The van der Waals surface area contributed by atoms with E-state index in [1.807, 2.05) is 26.0 Å². The fourth-order valence-electron chi connectivity index (χ4n) is 2.36. The highest BCUT2D eigenvalue weighted by molar-refractivity contribution is 6.05. The first-order valence-corrected chi connectivity index (χ1v) is 6.69. The number of carbonyl (C=O) groups excluding carboxylic acids is 1.